The molecule has 2 aromatic carbocycles. The summed E-state index contributed by atoms with van der Waals surface area (Å²) < 4.78 is 35.7. The van der Waals surface area contributed by atoms with E-state index in [0.717, 1.165) is 22.4 Å². The highest BCUT2D eigenvalue weighted by molar-refractivity contribution is 5.86. The van der Waals surface area contributed by atoms with Gasteiger partial charge in [-0.3, -0.25) is 5.32 Å². The molecular weight excluding hydrogens is 287 g/mol. The lowest BCUT2D eigenvalue weighted by atomic mass is 10.00. The van der Waals surface area contributed by atoms with E-state index in [1.807, 2.05) is 43.3 Å². The fraction of sp³-hybridized carbons (Fsp3) is 0.222. The Kier molecular flexibility index (Phi) is 5.24. The van der Waals surface area contributed by atoms with E-state index in [-0.39, 0.29) is 12.1 Å². The molecule has 0 heterocycles. The van der Waals surface area contributed by atoms with Crippen molar-refractivity contribution in [3.05, 3.63) is 60.2 Å². The molecule has 2 rings (SSSR count). The van der Waals surface area contributed by atoms with Gasteiger partial charge in [0.15, 0.2) is 0 Å². The second-order valence-electron chi connectivity index (χ2n) is 4.87. The Morgan fingerprint density at radius 3 is 2.64 bits per heavy atom. The van der Waals surface area contributed by atoms with Crippen LogP contribution < -0.4 is 5.32 Å². The number of hydrogen-bond acceptors (Lipinski definition) is 1. The fourth-order valence-electron chi connectivity index (χ4n) is 2.19. The van der Waals surface area contributed by atoms with E-state index in [4.69, 9.17) is 0 Å². The van der Waals surface area contributed by atoms with Gasteiger partial charge in [0.05, 0.1) is 6.54 Å². The van der Waals surface area contributed by atoms with Crippen molar-refractivity contribution in [2.24, 2.45) is 0 Å². The number of fused-ring (bicyclic) bond motifs is 1. The molecule has 1 atom stereocenters. The van der Waals surface area contributed by atoms with E-state index in [1.165, 1.54) is 0 Å². The predicted octanol–water partition coefficient (Wildman–Crippen LogP) is 4.61. The number of rotatable bonds is 3. The van der Waals surface area contributed by atoms with E-state index in [0.29, 0.717) is 6.54 Å². The maximum Gasteiger partial charge on any atom is 0.410 e. The number of nitrogens with one attached hydrogen (secondary N) is 1. The third-order valence-corrected chi connectivity index (χ3v) is 3.24. The highest BCUT2D eigenvalue weighted by Gasteiger charge is 2.21. The summed E-state index contributed by atoms with van der Waals surface area (Å²) in [6, 6.07) is 14.2. The van der Waals surface area contributed by atoms with Crippen LogP contribution in [0.3, 0.4) is 0 Å². The smallest absolute Gasteiger partial charge is 0.300 e. The summed E-state index contributed by atoms with van der Waals surface area (Å²) in [4.78, 5) is 0. The van der Waals surface area contributed by atoms with Gasteiger partial charge >= 0.3 is 6.18 Å². The van der Waals surface area contributed by atoms with Crippen LogP contribution in [0.15, 0.2) is 54.6 Å². The lowest BCUT2D eigenvalue weighted by Gasteiger charge is -2.14. The summed E-state index contributed by atoms with van der Waals surface area (Å²) in [6.45, 7) is 2.33. The van der Waals surface area contributed by atoms with Crippen LogP contribution in [0.2, 0.25) is 0 Å². The van der Waals surface area contributed by atoms with E-state index in [1.54, 1.807) is 0 Å². The van der Waals surface area contributed by atoms with Crippen LogP contribution in [0.25, 0.3) is 10.8 Å². The summed E-state index contributed by atoms with van der Waals surface area (Å²) >= 11 is 0. The second-order valence-corrected chi connectivity index (χ2v) is 4.87. The molecule has 0 aliphatic carbocycles. The van der Waals surface area contributed by atoms with Crippen LogP contribution in [0, 0.1) is 11.8 Å². The lowest BCUT2D eigenvalue weighted by molar-refractivity contribution is -0.0797. The summed E-state index contributed by atoms with van der Waals surface area (Å²) in [7, 11) is 0. The van der Waals surface area contributed by atoms with Crippen molar-refractivity contribution in [2.45, 2.75) is 19.1 Å². The molecule has 114 valence electrons. The quantitative estimate of drug-likeness (QED) is 0.816. The van der Waals surface area contributed by atoms with Gasteiger partial charge in [0, 0.05) is 12.1 Å². The molecule has 0 unspecified atom stereocenters. The molecule has 22 heavy (non-hydrogen) atoms. The molecule has 0 aliphatic heterocycles. The van der Waals surface area contributed by atoms with Gasteiger partial charge in [-0.15, -0.1) is 0 Å². The molecule has 1 nitrogen and oxygen atoms in total. The van der Waals surface area contributed by atoms with E-state index >= 15 is 0 Å². The van der Waals surface area contributed by atoms with Crippen LogP contribution in [0.5, 0.6) is 0 Å². The molecule has 0 spiro atoms. The molecule has 0 bridgehead atoms. The Morgan fingerprint density at radius 2 is 1.86 bits per heavy atom. The summed E-state index contributed by atoms with van der Waals surface area (Å²) in [5.74, 6) is 5.03. The first-order valence-electron chi connectivity index (χ1n) is 6.91. The zero-order chi connectivity index (χ0) is 16.0. The van der Waals surface area contributed by atoms with Crippen molar-refractivity contribution in [2.75, 3.05) is 6.54 Å². The Bertz CT molecular complexity index is 715. The predicted molar refractivity (Wildman–Crippen MR) is 83.3 cm³/mol. The van der Waals surface area contributed by atoms with Crippen molar-refractivity contribution in [3.8, 4) is 11.8 Å². The monoisotopic (exact) mass is 303 g/mol. The molecule has 0 radical (unpaired) electrons. The molecule has 4 heteroatoms. The van der Waals surface area contributed by atoms with E-state index in [9.17, 15) is 13.2 Å². The topological polar surface area (TPSA) is 12.0 Å². The molecule has 0 fully saturated rings. The van der Waals surface area contributed by atoms with Gasteiger partial charge in [-0.2, -0.15) is 13.2 Å². The minimum absolute atomic E-state index is 0.0620. The Labute approximate surface area is 127 Å². The van der Waals surface area contributed by atoms with E-state index in [2.05, 4.69) is 23.2 Å². The first-order valence-corrected chi connectivity index (χ1v) is 6.91. The molecular formula is C18H16F3N. The zero-order valence-electron chi connectivity index (χ0n) is 12.1. The van der Waals surface area contributed by atoms with Gasteiger partial charge in [0.1, 0.15) is 0 Å². The van der Waals surface area contributed by atoms with Gasteiger partial charge in [-0.25, -0.2) is 0 Å². The largest absolute Gasteiger partial charge is 0.410 e. The molecule has 2 aromatic rings. The van der Waals surface area contributed by atoms with Crippen LogP contribution in [-0.4, -0.2) is 12.7 Å². The number of halogens is 3. The number of hydrogen-bond donors (Lipinski definition) is 1. The van der Waals surface area contributed by atoms with Crippen LogP contribution in [0.1, 0.15) is 18.5 Å². The average Bonchev–Trinajstić information content (AvgIpc) is 2.49. The molecule has 0 saturated carbocycles. The van der Waals surface area contributed by atoms with Gasteiger partial charge in [-0.1, -0.05) is 54.3 Å². The minimum atomic E-state index is -4.31. The molecule has 1 N–H and O–H groups in total. The lowest BCUT2D eigenvalue weighted by Crippen LogP contribution is -2.19. The first kappa shape index (κ1) is 16.1. The number of benzene rings is 2. The SMILES string of the molecule is C[C@@H](NCC#C/C=C/C(F)(F)F)c1cccc2ccccc12. The molecule has 0 aliphatic rings. The minimum Gasteiger partial charge on any atom is -0.300 e. The zero-order valence-corrected chi connectivity index (χ0v) is 12.1. The van der Waals surface area contributed by atoms with Crippen LogP contribution in [-0.2, 0) is 0 Å². The Balaban J connectivity index is 1.99. The van der Waals surface area contributed by atoms with Crippen molar-refractivity contribution in [3.63, 3.8) is 0 Å². The maximum atomic E-state index is 11.9. The van der Waals surface area contributed by atoms with Gasteiger partial charge in [0.25, 0.3) is 0 Å². The molecule has 0 saturated heterocycles. The third-order valence-electron chi connectivity index (χ3n) is 3.24. The summed E-state index contributed by atoms with van der Waals surface area (Å²) in [5.41, 5.74) is 1.14. The highest BCUT2D eigenvalue weighted by atomic mass is 19.4. The van der Waals surface area contributed by atoms with Gasteiger partial charge in [0.2, 0.25) is 0 Å². The third kappa shape index (κ3) is 4.64. The van der Waals surface area contributed by atoms with Crippen molar-refractivity contribution < 1.29 is 13.2 Å². The van der Waals surface area contributed by atoms with Crippen LogP contribution in [0.4, 0.5) is 13.2 Å². The van der Waals surface area contributed by atoms with Gasteiger partial charge in [-0.05, 0) is 29.3 Å². The molecule has 0 aromatic heterocycles. The number of allylic oxidation sites excluding steroid dienone is 2. The van der Waals surface area contributed by atoms with Gasteiger partial charge < -0.3 is 0 Å². The fourth-order valence-corrected chi connectivity index (χ4v) is 2.19. The maximum absolute atomic E-state index is 11.9. The van der Waals surface area contributed by atoms with Crippen molar-refractivity contribution in [1.82, 2.24) is 5.32 Å². The average molecular weight is 303 g/mol. The first-order chi connectivity index (χ1) is 10.5. The Morgan fingerprint density at radius 1 is 1.14 bits per heavy atom. The van der Waals surface area contributed by atoms with Crippen LogP contribution >= 0.6 is 0 Å². The molecule has 0 amide bonds. The Hall–Kier alpha value is -2.25. The second kappa shape index (κ2) is 7.15. The van der Waals surface area contributed by atoms with E-state index < -0.39 is 6.18 Å². The summed E-state index contributed by atoms with van der Waals surface area (Å²) in [5, 5.41) is 5.52. The highest BCUT2D eigenvalue weighted by Crippen LogP contribution is 2.23. The number of alkyl halides is 3. The standard InChI is InChI=1S/C18H16F3N/c1-14(22-13-6-2-5-12-18(19,20)21)16-11-7-9-15-8-3-4-10-17(15)16/h3-5,7-12,14,22H,13H2,1H3/b12-5+/t14-/m1/s1. The van der Waals surface area contributed by atoms with Crippen molar-refractivity contribution >= 4 is 10.8 Å². The van der Waals surface area contributed by atoms with Crippen molar-refractivity contribution in [1.29, 1.82) is 0 Å². The summed E-state index contributed by atoms with van der Waals surface area (Å²) in [6.07, 6.45) is -3.35. The normalized spacial score (nSPS) is 13.1.